The quantitative estimate of drug-likeness (QED) is 0.00486. The number of allylic oxidation sites excluding steroid dienone is 4. The van der Waals surface area contributed by atoms with Gasteiger partial charge in [0, 0.05) is 81.3 Å². The summed E-state index contributed by atoms with van der Waals surface area (Å²) in [5, 5.41) is 10.7. The molecule has 756 valence electrons. The number of Topliss-reactive ketones (excluding diaryl/α,β-unsaturated/α-hetero) is 1. The molecule has 142 heavy (non-hydrogen) atoms. The molecule has 0 saturated carbocycles. The SMILES string of the molecule is C1CCOC1.C=C(C)C(=O)OCCN(CC)CC.C=C(C)C(=O)OCC[N+](CC)(CC)Cc1ccc(C2=CC(c3ccccc3)=[O+][B-](F)(F)O2)cc1.CC(=O)c1ccc(C)cc1.CCOC(=O)c1ccccc1.Cc1ccc(C(=O)C=C(O)c2ccccc2)cc1.Cc1ccc(C2=CC(c3ccccc3)=[O+][B-](F)(F)O2)cc1.ClC(Cl)(Cl)Cl.ClCCl.F[B-]1(F)OC(c2ccc(CBr)cc2)=CC(c2ccccc2)=[O+]1. The third-order valence-electron chi connectivity index (χ3n) is 20.6. The maximum absolute atomic E-state index is 14.2. The number of benzene rings is 10. The minimum atomic E-state index is -4.47. The lowest BCUT2D eigenvalue weighted by atomic mass is 10.0. The number of rotatable bonds is 27. The third kappa shape index (κ3) is 47.1. The van der Waals surface area contributed by atoms with E-state index < -0.39 is 24.6 Å². The molecule has 0 radical (unpaired) electrons. The van der Waals surface area contributed by atoms with Crippen molar-refractivity contribution in [2.24, 2.45) is 0 Å². The van der Waals surface area contributed by atoms with Crippen molar-refractivity contribution in [3.05, 3.63) is 405 Å². The Morgan fingerprint density at radius 1 is 0.458 bits per heavy atom. The zero-order chi connectivity index (χ0) is 105. The molecular weight excluding hydrogens is 2020 g/mol. The van der Waals surface area contributed by atoms with Crippen molar-refractivity contribution >= 4 is 177 Å². The van der Waals surface area contributed by atoms with Crippen LogP contribution in [0.3, 0.4) is 0 Å². The van der Waals surface area contributed by atoms with Crippen molar-refractivity contribution in [1.29, 1.82) is 0 Å². The largest absolute Gasteiger partial charge is 0.995 e. The second-order valence-electron chi connectivity index (χ2n) is 31.6. The average Bonchev–Trinajstić information content (AvgIpc) is 1.04. The second kappa shape index (κ2) is 63.5. The lowest BCUT2D eigenvalue weighted by molar-refractivity contribution is -0.937. The van der Waals surface area contributed by atoms with Crippen LogP contribution < -0.4 is 0 Å². The number of esters is 3. The Bertz CT molecular complexity index is 5800. The molecule has 34 heteroatoms. The van der Waals surface area contributed by atoms with E-state index in [1.165, 1.54) is 42.7 Å². The number of ether oxygens (including phenoxy) is 4. The van der Waals surface area contributed by atoms with E-state index in [1.807, 2.05) is 148 Å². The summed E-state index contributed by atoms with van der Waals surface area (Å²) in [6.07, 6.45) is 8.30. The molecule has 0 bridgehead atoms. The van der Waals surface area contributed by atoms with E-state index in [-0.39, 0.29) is 75.2 Å². The first-order valence-electron chi connectivity index (χ1n) is 45.4. The summed E-state index contributed by atoms with van der Waals surface area (Å²) in [5.41, 5.74) is 12.3. The second-order valence-corrected chi connectivity index (χ2v) is 36.4. The topological polar surface area (TPSA) is 207 Å². The normalized spacial score (nSPS) is 13.8. The number of hydrogen-bond donors (Lipinski definition) is 1. The number of nitrogens with zero attached hydrogens (tertiary/aromatic N) is 2. The molecule has 10 aromatic carbocycles. The fourth-order valence-corrected chi connectivity index (χ4v) is 13.2. The highest BCUT2D eigenvalue weighted by molar-refractivity contribution is 9.08. The third-order valence-corrected chi connectivity index (χ3v) is 21.3. The average molecular weight is 2140 g/mol. The molecule has 4 heterocycles. The van der Waals surface area contributed by atoms with E-state index in [9.17, 15) is 55.0 Å². The van der Waals surface area contributed by atoms with Crippen molar-refractivity contribution in [3.63, 3.8) is 0 Å². The zero-order valence-electron chi connectivity index (χ0n) is 81.1. The Kier molecular flexibility index (Phi) is 54.1. The van der Waals surface area contributed by atoms with Gasteiger partial charge in [-0.2, -0.15) is 0 Å². The van der Waals surface area contributed by atoms with Crippen LogP contribution in [0.4, 0.5) is 25.9 Å². The van der Waals surface area contributed by atoms with Crippen molar-refractivity contribution in [2.45, 2.75) is 104 Å². The highest BCUT2D eigenvalue weighted by Crippen LogP contribution is 2.34. The predicted octanol–water partition coefficient (Wildman–Crippen LogP) is 28.3. The first-order valence-corrected chi connectivity index (χ1v) is 49.1. The Morgan fingerprint density at radius 2 is 0.782 bits per heavy atom. The van der Waals surface area contributed by atoms with Gasteiger partial charge in [-0.15, -0.1) is 23.2 Å². The summed E-state index contributed by atoms with van der Waals surface area (Å²) in [4.78, 5) is 58.5. The van der Waals surface area contributed by atoms with Crippen molar-refractivity contribution in [1.82, 2.24) is 4.90 Å². The van der Waals surface area contributed by atoms with E-state index in [4.69, 9.17) is 111 Å². The van der Waals surface area contributed by atoms with Crippen LogP contribution in [0.15, 0.2) is 322 Å². The molecule has 0 atom stereocenters. The smallest absolute Gasteiger partial charge is 0.569 e. The van der Waals surface area contributed by atoms with Gasteiger partial charge in [0.25, 0.3) is 20.6 Å². The molecule has 4 aliphatic heterocycles. The van der Waals surface area contributed by atoms with Gasteiger partial charge in [-0.25, -0.2) is 14.4 Å². The maximum atomic E-state index is 14.2. The van der Waals surface area contributed by atoms with E-state index in [1.54, 1.807) is 173 Å². The van der Waals surface area contributed by atoms with Crippen molar-refractivity contribution in [3.8, 4) is 0 Å². The molecule has 10 aromatic rings. The van der Waals surface area contributed by atoms with Gasteiger partial charge in [-0.3, -0.25) is 9.59 Å². The molecule has 0 unspecified atom stereocenters. The zero-order valence-corrected chi connectivity index (χ0v) is 87.3. The monoisotopic (exact) mass is 2140 g/mol. The molecule has 4 aliphatic rings. The first-order chi connectivity index (χ1) is 67.5. The lowest BCUT2D eigenvalue weighted by Gasteiger charge is -2.36. The van der Waals surface area contributed by atoms with Crippen molar-refractivity contribution < 1.29 is 105 Å². The maximum Gasteiger partial charge on any atom is 0.995 e. The van der Waals surface area contributed by atoms with Gasteiger partial charge in [-0.1, -0.05) is 330 Å². The molecule has 0 amide bonds. The number of carbonyl (C=O) groups excluding carboxylic acids is 8. The summed E-state index contributed by atoms with van der Waals surface area (Å²) >= 11 is 32.2. The van der Waals surface area contributed by atoms with Crippen LogP contribution in [0, 0.1) is 20.8 Å². The number of carbonyl (C=O) groups is 5. The molecule has 14 rings (SSSR count). The molecular formula is C108H119B3BrCl6F6N2O16+. The fraction of sp³-hybridized carbons (Fsp3) is 0.259. The summed E-state index contributed by atoms with van der Waals surface area (Å²) in [7, 11) is -13.2. The van der Waals surface area contributed by atoms with E-state index in [0.29, 0.717) is 92.9 Å². The summed E-state index contributed by atoms with van der Waals surface area (Å²) in [6, 6.07) is 81.0. The Morgan fingerprint density at radius 3 is 1.10 bits per heavy atom. The predicted molar refractivity (Wildman–Crippen MR) is 568 cm³/mol. The molecule has 18 nitrogen and oxygen atoms in total. The lowest BCUT2D eigenvalue weighted by Crippen LogP contribution is -2.49. The fourth-order valence-electron chi connectivity index (χ4n) is 12.8. The molecule has 1 N–H and O–H groups in total. The Hall–Kier alpha value is -11.5. The van der Waals surface area contributed by atoms with Crippen LogP contribution in [0.1, 0.15) is 179 Å². The van der Waals surface area contributed by atoms with Crippen LogP contribution in [-0.4, -0.2) is 164 Å². The molecule has 0 aliphatic carbocycles. The van der Waals surface area contributed by atoms with Crippen LogP contribution in [0.5, 0.6) is 0 Å². The summed E-state index contributed by atoms with van der Waals surface area (Å²) < 4.78 is 131. The van der Waals surface area contributed by atoms with Gasteiger partial charge >= 0.3 is 39.2 Å². The Balaban J connectivity index is 0.000000294. The number of halogens is 13. The van der Waals surface area contributed by atoms with Gasteiger partial charge in [0.2, 0.25) is 0 Å². The molecule has 0 spiro atoms. The number of alkyl halides is 7. The number of quaternary nitrogens is 1. The van der Waals surface area contributed by atoms with Crippen LogP contribution in [0.2, 0.25) is 0 Å². The summed E-state index contributed by atoms with van der Waals surface area (Å²) in [6.45, 7) is 37.1. The standard InChI is InChI=1S/C26H31BF2NO4.C16H12BBrF2O2.C16H13BF2O2.C16H14O2.C10H19NO2.C9H10O2.C9H10O.C4H8O.CCl4.CH2Cl2/c1-5-30(6-2,16-17-32-26(31)20(3)4)19-21-12-14-23(15-13-21)25-18-24(33-27(28,29)34-25)22-10-8-7-9-11-22;18-11-12-6-8-14(9-7-12)16-10-15(21-17(19,20)22-16)13-4-2-1-3-5-13;1-12-7-9-14(10-8-12)16-11-15(20-17(18,19)21-16)13-5-3-2-4-6-13;1-12-7-9-14(10-8-12)16(18)11-15(17)13-5-3-2-4-6-13;1-5-11(6-2)7-8-13-10(12)9(3)4;1-2-11-9(10)8-6-4-3-5-7-8;1-7-3-5-9(6-4-7)8(2)10;1-2-4-5-3-1;2-1(3,4)5;2-1-3/h7-15,18H,3,5-6,16-17,19H2,1-2,4H3;1-10H,11H2;2-11H,1H3;2-11,17H,1H3;3,5-8H2,1-2,4H3;3-7H,2H2,1H3;3-6H,1-2H3;1-4H2;;1H2/q+1;;;;;;;;;. The summed E-state index contributed by atoms with van der Waals surface area (Å²) in [5.74, 6) is -0.435. The number of ketones is 5. The number of aliphatic hydroxyl groups is 1. The molecule has 0 aromatic heterocycles. The number of likely N-dealkylation sites (N-methyl/N-ethyl adjacent to an activating group) is 2. The van der Waals surface area contributed by atoms with Gasteiger partial charge in [0.05, 0.1) is 82.8 Å². The molecule has 1 saturated heterocycles. The molecule has 1 fully saturated rings. The van der Waals surface area contributed by atoms with Crippen molar-refractivity contribution in [2.75, 3.05) is 77.6 Å². The van der Waals surface area contributed by atoms with Crippen LogP contribution in [0.25, 0.3) is 23.0 Å². The van der Waals surface area contributed by atoms with Crippen LogP contribution >= 0.6 is 85.5 Å². The van der Waals surface area contributed by atoms with E-state index >= 15 is 0 Å². The van der Waals surface area contributed by atoms with Crippen LogP contribution in [-0.2, 0) is 54.4 Å². The van der Waals surface area contributed by atoms with Gasteiger partial charge in [0.15, 0.2) is 11.6 Å². The Labute approximate surface area is 867 Å². The number of hydrogen-bond acceptors (Lipinski definition) is 14. The minimum Gasteiger partial charge on any atom is -0.569 e. The minimum absolute atomic E-state index is 0.0128. The number of aliphatic hydroxyl groups excluding tert-OH is 1. The van der Waals surface area contributed by atoms with E-state index in [0.717, 1.165) is 84.8 Å². The first kappa shape index (κ1) is 121. The van der Waals surface area contributed by atoms with Gasteiger partial charge < -0.3 is 86.3 Å². The van der Waals surface area contributed by atoms with Gasteiger partial charge in [0.1, 0.15) is 32.1 Å². The highest BCUT2D eigenvalue weighted by atomic mass is 79.9. The number of aryl methyl sites for hydroxylation is 3. The van der Waals surface area contributed by atoms with Gasteiger partial charge in [-0.05, 0) is 142 Å². The highest BCUT2D eigenvalue weighted by Gasteiger charge is 2.55. The van der Waals surface area contributed by atoms with E-state index in [2.05, 4.69) is 66.0 Å².